The van der Waals surface area contributed by atoms with Crippen LogP contribution in [0.2, 0.25) is 0 Å². The summed E-state index contributed by atoms with van der Waals surface area (Å²) < 4.78 is 22.0. The number of carbonyl (C=O) groups excluding carboxylic acids is 2. The Balaban J connectivity index is 1.82. The second kappa shape index (κ2) is 10.6. The van der Waals surface area contributed by atoms with Crippen LogP contribution >= 0.6 is 0 Å². The van der Waals surface area contributed by atoms with Crippen molar-refractivity contribution in [1.82, 2.24) is 0 Å². The zero-order valence-corrected chi connectivity index (χ0v) is 21.7. The standard InChI is InChI=1S/C29H33NO6/c1-16(2)36-29(32)26-17(3)30-23-13-19(18-7-9-20(33-4)10-8-18)14-24(31)28(23)27(26)22-12-11-21(34-5)15-25(22)35-6/h7-12,15-16,19,26-27H,13-14H2,1-6H3/t19-,26?,27-/m0/s1. The van der Waals surface area contributed by atoms with Crippen molar-refractivity contribution in [3.8, 4) is 17.2 Å². The molecule has 1 unspecified atom stereocenters. The van der Waals surface area contributed by atoms with Crippen LogP contribution < -0.4 is 14.2 Å². The molecule has 7 heteroatoms. The summed E-state index contributed by atoms with van der Waals surface area (Å²) in [6.07, 6.45) is 0.646. The summed E-state index contributed by atoms with van der Waals surface area (Å²) in [4.78, 5) is 31.9. The Morgan fingerprint density at radius 1 is 0.944 bits per heavy atom. The zero-order valence-electron chi connectivity index (χ0n) is 21.7. The van der Waals surface area contributed by atoms with Gasteiger partial charge in [0.25, 0.3) is 0 Å². The van der Waals surface area contributed by atoms with Crippen molar-refractivity contribution in [1.29, 1.82) is 0 Å². The number of Topliss-reactive ketones (excluding diaryl/α,β-unsaturated/α-hetero) is 1. The number of carbonyl (C=O) groups is 2. The molecule has 2 aromatic rings. The molecule has 0 amide bonds. The van der Waals surface area contributed by atoms with Crippen LogP contribution in [0.4, 0.5) is 0 Å². The topological polar surface area (TPSA) is 83.4 Å². The maximum absolute atomic E-state index is 13.8. The van der Waals surface area contributed by atoms with Crippen molar-refractivity contribution in [2.75, 3.05) is 21.3 Å². The number of allylic oxidation sites excluding steroid dienone is 2. The molecule has 0 bridgehead atoms. The lowest BCUT2D eigenvalue weighted by molar-refractivity contribution is -0.150. The van der Waals surface area contributed by atoms with Crippen LogP contribution in [0.5, 0.6) is 17.2 Å². The number of nitrogens with zero attached hydrogens (tertiary/aromatic N) is 1. The van der Waals surface area contributed by atoms with Crippen LogP contribution in [0.25, 0.3) is 0 Å². The van der Waals surface area contributed by atoms with Crippen molar-refractivity contribution < 1.29 is 28.5 Å². The van der Waals surface area contributed by atoms with E-state index in [1.807, 2.05) is 57.2 Å². The SMILES string of the molecule is COc1ccc([C@@H]2CC(=O)C3=C(C2)N=C(C)C(C(=O)OC(C)C)[C@@H]3c2ccc(OC)cc2OC)cc1. The number of benzene rings is 2. The monoisotopic (exact) mass is 491 g/mol. The summed E-state index contributed by atoms with van der Waals surface area (Å²) in [5.74, 6) is 0.241. The highest BCUT2D eigenvalue weighted by molar-refractivity contribution is 6.09. The molecule has 4 rings (SSSR count). The molecule has 0 saturated heterocycles. The number of hydrogen-bond donors (Lipinski definition) is 0. The Bertz CT molecular complexity index is 1210. The molecule has 1 aliphatic carbocycles. The lowest BCUT2D eigenvalue weighted by atomic mass is 9.69. The minimum atomic E-state index is -0.727. The van der Waals surface area contributed by atoms with Gasteiger partial charge >= 0.3 is 5.97 Å². The molecule has 0 fully saturated rings. The Hall–Kier alpha value is -3.61. The minimum absolute atomic E-state index is 0.00344. The van der Waals surface area contributed by atoms with E-state index in [4.69, 9.17) is 23.9 Å². The van der Waals surface area contributed by atoms with E-state index in [1.165, 1.54) is 0 Å². The van der Waals surface area contributed by atoms with Gasteiger partial charge in [-0.3, -0.25) is 14.6 Å². The lowest BCUT2D eigenvalue weighted by Crippen LogP contribution is -2.39. The van der Waals surface area contributed by atoms with Gasteiger partial charge in [0, 0.05) is 41.0 Å². The number of esters is 1. The lowest BCUT2D eigenvalue weighted by Gasteiger charge is -2.37. The molecular weight excluding hydrogens is 458 g/mol. The van der Waals surface area contributed by atoms with Gasteiger partial charge in [0.1, 0.15) is 23.2 Å². The third-order valence-electron chi connectivity index (χ3n) is 6.86. The fourth-order valence-electron chi connectivity index (χ4n) is 5.19. The summed E-state index contributed by atoms with van der Waals surface area (Å²) in [6, 6.07) is 13.3. The molecule has 0 N–H and O–H groups in total. The molecule has 7 nitrogen and oxygen atoms in total. The highest BCUT2D eigenvalue weighted by Crippen LogP contribution is 2.49. The molecular formula is C29H33NO6. The first-order valence-corrected chi connectivity index (χ1v) is 12.1. The van der Waals surface area contributed by atoms with Gasteiger partial charge in [-0.15, -0.1) is 0 Å². The molecule has 3 atom stereocenters. The Kier molecular flexibility index (Phi) is 7.48. The summed E-state index contributed by atoms with van der Waals surface area (Å²) in [6.45, 7) is 5.46. The Labute approximate surface area is 212 Å². The highest BCUT2D eigenvalue weighted by atomic mass is 16.5. The molecule has 36 heavy (non-hydrogen) atoms. The smallest absolute Gasteiger partial charge is 0.315 e. The molecule has 1 aliphatic heterocycles. The average Bonchev–Trinajstić information content (AvgIpc) is 2.86. The van der Waals surface area contributed by atoms with Crippen LogP contribution in [-0.4, -0.2) is 44.9 Å². The van der Waals surface area contributed by atoms with Crippen molar-refractivity contribution in [2.45, 2.75) is 51.6 Å². The number of ether oxygens (including phenoxy) is 4. The minimum Gasteiger partial charge on any atom is -0.497 e. The molecule has 0 saturated carbocycles. The van der Waals surface area contributed by atoms with E-state index in [0.717, 1.165) is 22.6 Å². The summed E-state index contributed by atoms with van der Waals surface area (Å²) in [5.41, 5.74) is 3.72. The number of hydrogen-bond acceptors (Lipinski definition) is 7. The van der Waals surface area contributed by atoms with Crippen LogP contribution in [0, 0.1) is 5.92 Å². The number of methoxy groups -OCH3 is 3. The number of aliphatic imine (C=N–C) groups is 1. The van der Waals surface area contributed by atoms with Crippen LogP contribution in [-0.2, 0) is 14.3 Å². The molecule has 1 heterocycles. The van der Waals surface area contributed by atoms with Gasteiger partial charge in [-0.1, -0.05) is 18.2 Å². The van der Waals surface area contributed by atoms with E-state index in [2.05, 4.69) is 0 Å². The van der Waals surface area contributed by atoms with Gasteiger partial charge < -0.3 is 18.9 Å². The third kappa shape index (κ3) is 4.87. The van der Waals surface area contributed by atoms with E-state index in [9.17, 15) is 9.59 Å². The van der Waals surface area contributed by atoms with Crippen molar-refractivity contribution in [2.24, 2.45) is 10.9 Å². The van der Waals surface area contributed by atoms with Crippen molar-refractivity contribution in [3.05, 3.63) is 64.9 Å². The number of rotatable bonds is 7. The van der Waals surface area contributed by atoms with Gasteiger partial charge in [-0.05, 0) is 56.9 Å². The largest absolute Gasteiger partial charge is 0.497 e. The van der Waals surface area contributed by atoms with Gasteiger partial charge in [-0.25, -0.2) is 0 Å². The van der Waals surface area contributed by atoms with Crippen LogP contribution in [0.1, 0.15) is 56.6 Å². The molecule has 0 radical (unpaired) electrons. The van der Waals surface area contributed by atoms with Crippen LogP contribution in [0.15, 0.2) is 58.7 Å². The normalized spacial score (nSPS) is 21.6. The second-order valence-corrected chi connectivity index (χ2v) is 9.46. The predicted octanol–water partition coefficient (Wildman–Crippen LogP) is 5.24. The van der Waals surface area contributed by atoms with E-state index in [-0.39, 0.29) is 17.8 Å². The van der Waals surface area contributed by atoms with Crippen LogP contribution in [0.3, 0.4) is 0 Å². The predicted molar refractivity (Wildman–Crippen MR) is 137 cm³/mol. The van der Waals surface area contributed by atoms with E-state index < -0.39 is 17.8 Å². The Morgan fingerprint density at radius 2 is 1.61 bits per heavy atom. The molecule has 2 aromatic carbocycles. The maximum Gasteiger partial charge on any atom is 0.315 e. The van der Waals surface area contributed by atoms with Gasteiger partial charge in [0.2, 0.25) is 0 Å². The van der Waals surface area contributed by atoms with Gasteiger partial charge in [0.05, 0.1) is 27.4 Å². The molecule has 0 aromatic heterocycles. The summed E-state index contributed by atoms with van der Waals surface area (Å²) in [7, 11) is 4.78. The second-order valence-electron chi connectivity index (χ2n) is 9.46. The van der Waals surface area contributed by atoms with Gasteiger partial charge in [-0.2, -0.15) is 0 Å². The van der Waals surface area contributed by atoms with Crippen molar-refractivity contribution in [3.63, 3.8) is 0 Å². The van der Waals surface area contributed by atoms with Crippen molar-refractivity contribution >= 4 is 17.5 Å². The quantitative estimate of drug-likeness (QED) is 0.493. The van der Waals surface area contributed by atoms with E-state index in [0.29, 0.717) is 35.6 Å². The molecule has 2 aliphatic rings. The van der Waals surface area contributed by atoms with Gasteiger partial charge in [0.15, 0.2) is 5.78 Å². The number of ketones is 1. The highest BCUT2D eigenvalue weighted by Gasteiger charge is 2.46. The first-order valence-electron chi connectivity index (χ1n) is 12.1. The first-order chi connectivity index (χ1) is 17.3. The summed E-state index contributed by atoms with van der Waals surface area (Å²) in [5, 5.41) is 0. The third-order valence-corrected chi connectivity index (χ3v) is 6.86. The first kappa shape index (κ1) is 25.5. The van der Waals surface area contributed by atoms with E-state index in [1.54, 1.807) is 27.4 Å². The van der Waals surface area contributed by atoms with E-state index >= 15 is 0 Å². The zero-order chi connectivity index (χ0) is 26.0. The Morgan fingerprint density at radius 3 is 2.22 bits per heavy atom. The fraction of sp³-hybridized carbons (Fsp3) is 0.414. The fourth-order valence-corrected chi connectivity index (χ4v) is 5.19. The molecule has 190 valence electrons. The maximum atomic E-state index is 13.8. The average molecular weight is 492 g/mol. The molecule has 0 spiro atoms. The summed E-state index contributed by atoms with van der Waals surface area (Å²) >= 11 is 0.